The Morgan fingerprint density at radius 3 is 2.69 bits per heavy atom. The second-order valence-electron chi connectivity index (χ2n) is 2.73. The zero-order valence-corrected chi connectivity index (χ0v) is 7.95. The number of rotatable bonds is 2. The number of halogens is 1. The summed E-state index contributed by atoms with van der Waals surface area (Å²) in [6.45, 7) is 0.314. The smallest absolute Gasteiger partial charge is 0.407 e. The van der Waals surface area contributed by atoms with Gasteiger partial charge in [-0.3, -0.25) is 0 Å². The molecule has 0 bridgehead atoms. The Morgan fingerprint density at radius 2 is 2.15 bits per heavy atom. The van der Waals surface area contributed by atoms with E-state index in [9.17, 15) is 4.79 Å². The van der Waals surface area contributed by atoms with Gasteiger partial charge in [0.25, 0.3) is 0 Å². The Morgan fingerprint density at radius 1 is 1.54 bits per heavy atom. The summed E-state index contributed by atoms with van der Waals surface area (Å²) in [5.41, 5.74) is 0.814. The molecule has 0 heterocycles. The number of benzene rings is 1. The zero-order chi connectivity index (χ0) is 9.84. The maximum atomic E-state index is 10.5. The molecule has 70 valence electrons. The van der Waals surface area contributed by atoms with Crippen LogP contribution in [0.25, 0.3) is 0 Å². The molecule has 0 radical (unpaired) electrons. The Labute approximate surface area is 81.5 Å². The van der Waals surface area contributed by atoms with Gasteiger partial charge in [-0.1, -0.05) is 29.8 Å². The summed E-state index contributed by atoms with van der Waals surface area (Å²) < 4.78 is 0. The molecule has 0 aromatic heterocycles. The third kappa shape index (κ3) is 2.63. The zero-order valence-electron chi connectivity index (χ0n) is 7.20. The molecule has 1 rings (SSSR count). The summed E-state index contributed by atoms with van der Waals surface area (Å²) in [6.07, 6.45) is -0.958. The fourth-order valence-corrected chi connectivity index (χ4v) is 1.15. The summed E-state index contributed by atoms with van der Waals surface area (Å²) in [6, 6.07) is 7.19. The van der Waals surface area contributed by atoms with Crippen molar-refractivity contribution in [1.29, 1.82) is 0 Å². The second kappa shape index (κ2) is 4.14. The van der Waals surface area contributed by atoms with E-state index in [1.807, 2.05) is 18.2 Å². The van der Waals surface area contributed by atoms with E-state index in [1.54, 1.807) is 6.07 Å². The fourth-order valence-electron chi connectivity index (χ4n) is 0.950. The van der Waals surface area contributed by atoms with Crippen molar-refractivity contribution in [3.63, 3.8) is 0 Å². The molecule has 0 saturated carbocycles. The van der Waals surface area contributed by atoms with Crippen LogP contribution in [0.15, 0.2) is 24.3 Å². The average Bonchev–Trinajstić information content (AvgIpc) is 2.08. The monoisotopic (exact) mass is 199 g/mol. The van der Waals surface area contributed by atoms with E-state index in [0.717, 1.165) is 5.56 Å². The summed E-state index contributed by atoms with van der Waals surface area (Å²) >= 11 is 5.85. The van der Waals surface area contributed by atoms with Crippen LogP contribution in [0.1, 0.15) is 5.56 Å². The lowest BCUT2D eigenvalue weighted by Gasteiger charge is -2.13. The molecule has 0 aliphatic heterocycles. The summed E-state index contributed by atoms with van der Waals surface area (Å²) in [5.74, 6) is 0. The predicted octanol–water partition coefficient (Wildman–Crippen LogP) is 2.45. The molecule has 1 aromatic rings. The van der Waals surface area contributed by atoms with Gasteiger partial charge in [0.05, 0.1) is 6.54 Å². The van der Waals surface area contributed by atoms with Crippen molar-refractivity contribution < 1.29 is 9.90 Å². The van der Waals surface area contributed by atoms with Crippen LogP contribution in [0.4, 0.5) is 4.79 Å². The van der Waals surface area contributed by atoms with E-state index in [1.165, 1.54) is 11.9 Å². The first kappa shape index (κ1) is 9.86. The Kier molecular flexibility index (Phi) is 3.14. The van der Waals surface area contributed by atoms with Crippen LogP contribution in [0.5, 0.6) is 0 Å². The van der Waals surface area contributed by atoms with Crippen molar-refractivity contribution in [1.82, 2.24) is 4.90 Å². The number of amides is 1. The Balaban J connectivity index is 2.74. The van der Waals surface area contributed by atoms with Crippen molar-refractivity contribution in [2.24, 2.45) is 0 Å². The quantitative estimate of drug-likeness (QED) is 0.795. The van der Waals surface area contributed by atoms with Gasteiger partial charge in [-0.2, -0.15) is 0 Å². The van der Waals surface area contributed by atoms with Gasteiger partial charge in [-0.25, -0.2) is 4.79 Å². The molecule has 0 fully saturated rings. The highest BCUT2D eigenvalue weighted by Gasteiger charge is 2.07. The Bertz CT molecular complexity index is 314. The standard InChI is InChI=1S/C9H10ClNO2/c1-11(9(12)13)6-7-4-2-3-5-8(7)10/h2-5H,6H2,1H3,(H,12,13). The predicted molar refractivity (Wildman–Crippen MR) is 50.9 cm³/mol. The first-order valence-electron chi connectivity index (χ1n) is 3.78. The van der Waals surface area contributed by atoms with Gasteiger partial charge in [0.15, 0.2) is 0 Å². The van der Waals surface area contributed by atoms with E-state index in [0.29, 0.717) is 11.6 Å². The molecule has 13 heavy (non-hydrogen) atoms. The summed E-state index contributed by atoms with van der Waals surface area (Å²) in [4.78, 5) is 11.7. The first-order valence-corrected chi connectivity index (χ1v) is 4.16. The highest BCUT2D eigenvalue weighted by atomic mass is 35.5. The van der Waals surface area contributed by atoms with Crippen LogP contribution in [0.2, 0.25) is 5.02 Å². The minimum atomic E-state index is -0.958. The van der Waals surface area contributed by atoms with Crippen LogP contribution in [-0.4, -0.2) is 23.1 Å². The molecule has 1 amide bonds. The molecule has 0 unspecified atom stereocenters. The van der Waals surface area contributed by atoms with E-state index in [2.05, 4.69) is 0 Å². The molecule has 4 heteroatoms. The molecule has 0 aliphatic rings. The topological polar surface area (TPSA) is 40.5 Å². The second-order valence-corrected chi connectivity index (χ2v) is 3.14. The van der Waals surface area contributed by atoms with Crippen molar-refractivity contribution >= 4 is 17.7 Å². The third-order valence-electron chi connectivity index (χ3n) is 1.69. The van der Waals surface area contributed by atoms with E-state index >= 15 is 0 Å². The van der Waals surface area contributed by atoms with Gasteiger partial charge in [0.2, 0.25) is 0 Å². The fraction of sp³-hybridized carbons (Fsp3) is 0.222. The number of carbonyl (C=O) groups is 1. The van der Waals surface area contributed by atoms with Gasteiger partial charge in [0, 0.05) is 12.1 Å². The lowest BCUT2D eigenvalue weighted by molar-refractivity contribution is 0.154. The Hall–Kier alpha value is -1.22. The van der Waals surface area contributed by atoms with Gasteiger partial charge >= 0.3 is 6.09 Å². The maximum absolute atomic E-state index is 10.5. The van der Waals surface area contributed by atoms with Gasteiger partial charge in [0.1, 0.15) is 0 Å². The highest BCUT2D eigenvalue weighted by molar-refractivity contribution is 6.31. The van der Waals surface area contributed by atoms with Gasteiger partial charge < -0.3 is 10.0 Å². The van der Waals surface area contributed by atoms with Gasteiger partial charge in [-0.15, -0.1) is 0 Å². The number of nitrogens with zero attached hydrogens (tertiary/aromatic N) is 1. The van der Waals surface area contributed by atoms with Crippen LogP contribution in [0.3, 0.4) is 0 Å². The molecular weight excluding hydrogens is 190 g/mol. The van der Waals surface area contributed by atoms with Crippen molar-refractivity contribution in [2.75, 3.05) is 7.05 Å². The molecule has 0 atom stereocenters. The highest BCUT2D eigenvalue weighted by Crippen LogP contribution is 2.16. The largest absolute Gasteiger partial charge is 0.465 e. The maximum Gasteiger partial charge on any atom is 0.407 e. The number of hydrogen-bond donors (Lipinski definition) is 1. The molecule has 0 aliphatic carbocycles. The van der Waals surface area contributed by atoms with Crippen LogP contribution >= 0.6 is 11.6 Å². The van der Waals surface area contributed by atoms with Crippen molar-refractivity contribution in [2.45, 2.75) is 6.54 Å². The molecule has 3 nitrogen and oxygen atoms in total. The number of hydrogen-bond acceptors (Lipinski definition) is 1. The van der Waals surface area contributed by atoms with Crippen LogP contribution in [-0.2, 0) is 6.54 Å². The third-order valence-corrected chi connectivity index (χ3v) is 2.06. The molecule has 0 saturated heterocycles. The first-order chi connectivity index (χ1) is 6.11. The van der Waals surface area contributed by atoms with E-state index in [-0.39, 0.29) is 0 Å². The van der Waals surface area contributed by atoms with Crippen molar-refractivity contribution in [3.8, 4) is 0 Å². The summed E-state index contributed by atoms with van der Waals surface area (Å²) in [5, 5.41) is 9.21. The van der Waals surface area contributed by atoms with E-state index in [4.69, 9.17) is 16.7 Å². The lowest BCUT2D eigenvalue weighted by Crippen LogP contribution is -2.23. The minimum Gasteiger partial charge on any atom is -0.465 e. The van der Waals surface area contributed by atoms with Crippen LogP contribution in [0, 0.1) is 0 Å². The van der Waals surface area contributed by atoms with E-state index < -0.39 is 6.09 Å². The molecule has 0 spiro atoms. The number of carboxylic acid groups (broad SMARTS) is 1. The average molecular weight is 200 g/mol. The van der Waals surface area contributed by atoms with Crippen molar-refractivity contribution in [3.05, 3.63) is 34.9 Å². The van der Waals surface area contributed by atoms with Crippen LogP contribution < -0.4 is 0 Å². The molecular formula is C9H10ClNO2. The lowest BCUT2D eigenvalue weighted by atomic mass is 10.2. The SMILES string of the molecule is CN(Cc1ccccc1Cl)C(=O)O. The van der Waals surface area contributed by atoms with Gasteiger partial charge in [-0.05, 0) is 11.6 Å². The minimum absolute atomic E-state index is 0.314. The molecule has 1 aromatic carbocycles. The molecule has 1 N–H and O–H groups in total. The summed E-state index contributed by atoms with van der Waals surface area (Å²) in [7, 11) is 1.51. The normalized spacial score (nSPS) is 9.69.